The summed E-state index contributed by atoms with van der Waals surface area (Å²) in [6.45, 7) is 2.30. The second-order valence-electron chi connectivity index (χ2n) is 6.69. The van der Waals surface area contributed by atoms with Crippen LogP contribution in [0, 0.1) is 6.92 Å². The zero-order valence-corrected chi connectivity index (χ0v) is 15.3. The van der Waals surface area contributed by atoms with E-state index in [4.69, 9.17) is 9.52 Å². The number of amides is 2. The summed E-state index contributed by atoms with van der Waals surface area (Å²) < 4.78 is 5.26. The summed E-state index contributed by atoms with van der Waals surface area (Å²) >= 11 is 0. The smallest absolute Gasteiger partial charge is 0.311 e. The van der Waals surface area contributed by atoms with Crippen molar-refractivity contribution < 1.29 is 23.9 Å². The first kappa shape index (κ1) is 18.7. The lowest BCUT2D eigenvalue weighted by Crippen LogP contribution is -2.53. The molecule has 1 aliphatic rings. The molecule has 3 rings (SSSR count). The second-order valence-corrected chi connectivity index (χ2v) is 6.69. The lowest BCUT2D eigenvalue weighted by molar-refractivity contribution is -0.136. The number of rotatable bonds is 5. The Morgan fingerprint density at radius 3 is 2.67 bits per heavy atom. The van der Waals surface area contributed by atoms with Crippen molar-refractivity contribution in [3.8, 4) is 0 Å². The van der Waals surface area contributed by atoms with Crippen molar-refractivity contribution in [1.29, 1.82) is 0 Å². The number of anilines is 1. The Morgan fingerprint density at radius 2 is 2.00 bits per heavy atom. The van der Waals surface area contributed by atoms with Gasteiger partial charge in [-0.1, -0.05) is 18.2 Å². The van der Waals surface area contributed by atoms with Crippen LogP contribution >= 0.6 is 0 Å². The average Bonchev–Trinajstić information content (AvgIpc) is 3.01. The fraction of sp³-hybridized carbons (Fsp3) is 0.350. The Balaban J connectivity index is 1.84. The third-order valence-corrected chi connectivity index (χ3v) is 4.84. The highest BCUT2D eigenvalue weighted by Crippen LogP contribution is 2.26. The van der Waals surface area contributed by atoms with E-state index in [1.165, 1.54) is 11.2 Å². The van der Waals surface area contributed by atoms with Crippen LogP contribution in [-0.4, -0.2) is 47.4 Å². The molecule has 2 heterocycles. The van der Waals surface area contributed by atoms with Crippen molar-refractivity contribution in [1.82, 2.24) is 4.90 Å². The number of likely N-dealkylation sites (N-methyl/N-ethyl adjacent to an activating group) is 1. The lowest BCUT2D eigenvalue weighted by atomic mass is 10.0. The Hall–Kier alpha value is -3.09. The minimum absolute atomic E-state index is 0.111. The molecule has 1 unspecified atom stereocenters. The quantitative estimate of drug-likeness (QED) is 0.873. The molecule has 27 heavy (non-hydrogen) atoms. The number of hydrogen-bond acceptors (Lipinski definition) is 4. The summed E-state index contributed by atoms with van der Waals surface area (Å²) in [5.41, 5.74) is 1.59. The number of carbonyl (C=O) groups excluding carboxylic acids is 2. The third kappa shape index (κ3) is 3.72. The average molecular weight is 370 g/mol. The largest absolute Gasteiger partial charge is 0.481 e. The molecule has 1 N–H and O–H groups in total. The van der Waals surface area contributed by atoms with Crippen LogP contribution in [0.5, 0.6) is 0 Å². The first-order chi connectivity index (χ1) is 12.9. The monoisotopic (exact) mass is 370 g/mol. The van der Waals surface area contributed by atoms with Crippen molar-refractivity contribution in [2.45, 2.75) is 32.2 Å². The maximum absolute atomic E-state index is 13.0. The number of benzene rings is 1. The maximum atomic E-state index is 13.0. The summed E-state index contributed by atoms with van der Waals surface area (Å²) in [5, 5.41) is 9.03. The first-order valence-electron chi connectivity index (χ1n) is 8.82. The molecule has 0 radical (unpaired) electrons. The van der Waals surface area contributed by atoms with E-state index in [2.05, 4.69) is 0 Å². The number of carbonyl (C=O) groups is 3. The molecule has 1 aromatic heterocycles. The van der Waals surface area contributed by atoms with E-state index in [0.29, 0.717) is 18.5 Å². The van der Waals surface area contributed by atoms with Gasteiger partial charge in [0.2, 0.25) is 5.91 Å². The molecule has 142 valence electrons. The number of hydrogen-bond donors (Lipinski definition) is 1. The molecular weight excluding hydrogens is 348 g/mol. The van der Waals surface area contributed by atoms with E-state index in [1.54, 1.807) is 18.9 Å². The Morgan fingerprint density at radius 1 is 1.30 bits per heavy atom. The normalized spacial score (nSPS) is 17.0. The van der Waals surface area contributed by atoms with E-state index in [9.17, 15) is 14.4 Å². The van der Waals surface area contributed by atoms with Crippen LogP contribution in [0.3, 0.4) is 0 Å². The van der Waals surface area contributed by atoms with Crippen LogP contribution in [0.25, 0.3) is 0 Å². The number of para-hydroxylation sites is 1. The molecule has 7 heteroatoms. The summed E-state index contributed by atoms with van der Waals surface area (Å²) in [7, 11) is 1.58. The standard InChI is InChI=1S/C20H22N2O5/c1-13-12-27-16(11-17(23)24)18(13)20(26)21(2)15-9-6-10-22(19(15)25)14-7-4-3-5-8-14/h3-5,7-8,12,15H,6,9-11H2,1-2H3,(H,23,24). The Kier molecular flexibility index (Phi) is 5.30. The molecule has 1 aromatic carbocycles. The highest BCUT2D eigenvalue weighted by molar-refractivity contribution is 6.03. The molecule has 1 fully saturated rings. The highest BCUT2D eigenvalue weighted by Gasteiger charge is 2.36. The minimum atomic E-state index is -1.08. The van der Waals surface area contributed by atoms with E-state index in [-0.39, 0.29) is 23.7 Å². The van der Waals surface area contributed by atoms with Gasteiger partial charge in [-0.3, -0.25) is 14.4 Å². The third-order valence-electron chi connectivity index (χ3n) is 4.84. The number of aryl methyl sites for hydroxylation is 1. The first-order valence-corrected chi connectivity index (χ1v) is 8.82. The van der Waals surface area contributed by atoms with Crippen LogP contribution in [0.4, 0.5) is 5.69 Å². The van der Waals surface area contributed by atoms with Crippen molar-refractivity contribution in [3.63, 3.8) is 0 Å². The van der Waals surface area contributed by atoms with Crippen LogP contribution < -0.4 is 4.90 Å². The lowest BCUT2D eigenvalue weighted by Gasteiger charge is -2.36. The number of furan rings is 1. The zero-order valence-electron chi connectivity index (χ0n) is 15.3. The van der Waals surface area contributed by atoms with Crippen molar-refractivity contribution in [2.24, 2.45) is 0 Å². The Labute approximate surface area is 157 Å². The van der Waals surface area contributed by atoms with Crippen LogP contribution in [0.1, 0.15) is 34.5 Å². The van der Waals surface area contributed by atoms with Crippen molar-refractivity contribution >= 4 is 23.5 Å². The van der Waals surface area contributed by atoms with Gasteiger partial charge in [0.1, 0.15) is 18.2 Å². The molecule has 2 amide bonds. The molecule has 0 bridgehead atoms. The van der Waals surface area contributed by atoms with Gasteiger partial charge in [0.25, 0.3) is 5.91 Å². The molecule has 0 aliphatic carbocycles. The number of aliphatic carboxylic acids is 1. The fourth-order valence-corrected chi connectivity index (χ4v) is 3.45. The van der Waals surface area contributed by atoms with E-state index in [0.717, 1.165) is 12.1 Å². The molecule has 1 aliphatic heterocycles. The van der Waals surface area contributed by atoms with Gasteiger partial charge in [-0.25, -0.2) is 0 Å². The summed E-state index contributed by atoms with van der Waals surface area (Å²) in [4.78, 5) is 40.1. The highest BCUT2D eigenvalue weighted by atomic mass is 16.4. The van der Waals surface area contributed by atoms with Crippen LogP contribution in [-0.2, 0) is 16.0 Å². The van der Waals surface area contributed by atoms with E-state index >= 15 is 0 Å². The predicted octanol–water partition coefficient (Wildman–Crippen LogP) is 2.48. The Bertz CT molecular complexity index is 859. The number of carboxylic acid groups (broad SMARTS) is 1. The molecule has 0 spiro atoms. The molecule has 0 saturated carbocycles. The zero-order chi connectivity index (χ0) is 19.6. The van der Waals surface area contributed by atoms with Crippen molar-refractivity contribution in [2.75, 3.05) is 18.5 Å². The van der Waals surface area contributed by atoms with E-state index in [1.807, 2.05) is 30.3 Å². The molecular formula is C20H22N2O5. The predicted molar refractivity (Wildman–Crippen MR) is 98.7 cm³/mol. The van der Waals surface area contributed by atoms with Gasteiger partial charge in [-0.2, -0.15) is 0 Å². The topological polar surface area (TPSA) is 91.1 Å². The minimum Gasteiger partial charge on any atom is -0.481 e. The van der Waals surface area contributed by atoms with Crippen molar-refractivity contribution in [3.05, 3.63) is 53.5 Å². The van der Waals surface area contributed by atoms with Gasteiger partial charge in [-0.05, 0) is 31.9 Å². The molecule has 1 atom stereocenters. The van der Waals surface area contributed by atoms with Crippen LogP contribution in [0.2, 0.25) is 0 Å². The fourth-order valence-electron chi connectivity index (χ4n) is 3.45. The number of nitrogens with zero attached hydrogens (tertiary/aromatic N) is 2. The van der Waals surface area contributed by atoms with Gasteiger partial charge in [0, 0.05) is 24.8 Å². The summed E-state index contributed by atoms with van der Waals surface area (Å²) in [5.74, 6) is -1.50. The van der Waals surface area contributed by atoms with Gasteiger partial charge < -0.3 is 19.3 Å². The molecule has 7 nitrogen and oxygen atoms in total. The maximum Gasteiger partial charge on any atom is 0.311 e. The van der Waals surface area contributed by atoms with Gasteiger partial charge in [0.15, 0.2) is 0 Å². The van der Waals surface area contributed by atoms with Gasteiger partial charge >= 0.3 is 5.97 Å². The van der Waals surface area contributed by atoms with Crippen LogP contribution in [0.15, 0.2) is 41.0 Å². The second kappa shape index (κ2) is 7.65. The number of carboxylic acids is 1. The van der Waals surface area contributed by atoms with E-state index < -0.39 is 17.9 Å². The number of piperidine rings is 1. The summed E-state index contributed by atoms with van der Waals surface area (Å²) in [6, 6.07) is 8.76. The molecule has 2 aromatic rings. The van der Waals surface area contributed by atoms with Gasteiger partial charge in [-0.15, -0.1) is 0 Å². The van der Waals surface area contributed by atoms with Gasteiger partial charge in [0.05, 0.1) is 11.8 Å². The SMILES string of the molecule is Cc1coc(CC(=O)O)c1C(=O)N(C)C1CCCN(c2ccccc2)C1=O. The summed E-state index contributed by atoms with van der Waals surface area (Å²) in [6.07, 6.45) is 2.33. The molecule has 1 saturated heterocycles.